The van der Waals surface area contributed by atoms with Crippen molar-refractivity contribution in [2.24, 2.45) is 0 Å². The van der Waals surface area contributed by atoms with E-state index in [1.165, 1.54) is 30.3 Å². The smallest absolute Gasteiger partial charge is 0.293 e. The Morgan fingerprint density at radius 3 is 2.32 bits per heavy atom. The van der Waals surface area contributed by atoms with E-state index in [1.54, 1.807) is 18.2 Å². The number of rotatable bonds is 6. The summed E-state index contributed by atoms with van der Waals surface area (Å²) >= 11 is 0. The van der Waals surface area contributed by atoms with Gasteiger partial charge in [-0.2, -0.15) is 0 Å². The van der Waals surface area contributed by atoms with E-state index in [0.717, 1.165) is 12.0 Å². The van der Waals surface area contributed by atoms with Crippen molar-refractivity contribution >= 4 is 21.4 Å². The summed E-state index contributed by atoms with van der Waals surface area (Å²) in [5.74, 6) is 0. The molecule has 0 unspecified atom stereocenters. The predicted octanol–water partition coefficient (Wildman–Crippen LogP) is 2.46. The number of hydrazine groups is 1. The van der Waals surface area contributed by atoms with E-state index in [9.17, 15) is 18.5 Å². The number of anilines is 1. The van der Waals surface area contributed by atoms with Crippen molar-refractivity contribution in [3.63, 3.8) is 0 Å². The minimum atomic E-state index is -3.81. The lowest BCUT2D eigenvalue weighted by atomic mass is 10.2. The summed E-state index contributed by atoms with van der Waals surface area (Å²) in [5.41, 5.74) is 3.26. The van der Waals surface area contributed by atoms with E-state index < -0.39 is 14.9 Å². The van der Waals surface area contributed by atoms with Crippen molar-refractivity contribution in [1.82, 2.24) is 4.83 Å². The molecule has 0 saturated carbocycles. The molecule has 0 fully saturated rings. The average Bonchev–Trinajstić information content (AvgIpc) is 2.53. The number of nitro groups is 1. The van der Waals surface area contributed by atoms with Crippen LogP contribution in [0.5, 0.6) is 0 Å². The monoisotopic (exact) mass is 321 g/mol. The van der Waals surface area contributed by atoms with Crippen LogP contribution >= 0.6 is 0 Å². The molecule has 22 heavy (non-hydrogen) atoms. The Labute approximate surface area is 128 Å². The SMILES string of the molecule is CCc1ccc(S(=O)(=O)NNc2ccccc2[N+](=O)[O-])cc1. The summed E-state index contributed by atoms with van der Waals surface area (Å²) in [5, 5.41) is 10.9. The maximum atomic E-state index is 12.1. The number of nitrogens with zero attached hydrogens (tertiary/aromatic N) is 1. The fraction of sp³-hybridized carbons (Fsp3) is 0.143. The van der Waals surface area contributed by atoms with Crippen molar-refractivity contribution in [3.8, 4) is 0 Å². The molecule has 0 aliphatic carbocycles. The summed E-state index contributed by atoms with van der Waals surface area (Å²) in [6.45, 7) is 1.97. The maximum absolute atomic E-state index is 12.1. The van der Waals surface area contributed by atoms with Gasteiger partial charge < -0.3 is 5.43 Å². The highest BCUT2D eigenvalue weighted by Gasteiger charge is 2.17. The number of aryl methyl sites for hydroxylation is 1. The van der Waals surface area contributed by atoms with Gasteiger partial charge in [0.25, 0.3) is 15.7 Å². The fourth-order valence-corrected chi connectivity index (χ4v) is 2.68. The molecular formula is C14H15N3O4S. The lowest BCUT2D eigenvalue weighted by Gasteiger charge is -2.10. The normalized spacial score (nSPS) is 11.1. The molecule has 0 heterocycles. The first-order valence-electron chi connectivity index (χ1n) is 6.54. The van der Waals surface area contributed by atoms with Gasteiger partial charge in [-0.3, -0.25) is 10.1 Å². The quantitative estimate of drug-likeness (QED) is 0.628. The molecule has 0 aliphatic rings. The minimum Gasteiger partial charge on any atom is -0.302 e. The van der Waals surface area contributed by atoms with Gasteiger partial charge in [0, 0.05) is 6.07 Å². The fourth-order valence-electron chi connectivity index (χ4n) is 1.82. The molecule has 2 aromatic rings. The number of hydrogen-bond donors (Lipinski definition) is 2. The van der Waals surface area contributed by atoms with Crippen LogP contribution in [0.15, 0.2) is 53.4 Å². The molecule has 0 spiro atoms. The molecule has 0 radical (unpaired) electrons. The van der Waals surface area contributed by atoms with Crippen LogP contribution in [0.3, 0.4) is 0 Å². The highest BCUT2D eigenvalue weighted by atomic mass is 32.2. The zero-order valence-electron chi connectivity index (χ0n) is 11.8. The highest BCUT2D eigenvalue weighted by Crippen LogP contribution is 2.22. The van der Waals surface area contributed by atoms with Gasteiger partial charge in [0.1, 0.15) is 5.69 Å². The summed E-state index contributed by atoms with van der Waals surface area (Å²) in [6.07, 6.45) is 0.808. The van der Waals surface area contributed by atoms with Crippen molar-refractivity contribution in [1.29, 1.82) is 0 Å². The second kappa shape index (κ2) is 6.54. The first-order valence-corrected chi connectivity index (χ1v) is 8.02. The van der Waals surface area contributed by atoms with E-state index in [4.69, 9.17) is 0 Å². The lowest BCUT2D eigenvalue weighted by Crippen LogP contribution is -2.29. The Balaban J connectivity index is 2.18. The third kappa shape index (κ3) is 3.60. The molecule has 2 aromatic carbocycles. The van der Waals surface area contributed by atoms with Crippen LogP contribution in [0.4, 0.5) is 11.4 Å². The Morgan fingerprint density at radius 1 is 1.09 bits per heavy atom. The first kappa shape index (κ1) is 15.9. The van der Waals surface area contributed by atoms with Gasteiger partial charge >= 0.3 is 0 Å². The third-order valence-electron chi connectivity index (χ3n) is 3.06. The summed E-state index contributed by atoms with van der Waals surface area (Å²) in [4.78, 5) is 12.5. The van der Waals surface area contributed by atoms with Gasteiger partial charge in [-0.15, -0.1) is 4.83 Å². The van der Waals surface area contributed by atoms with Crippen LogP contribution in [0.2, 0.25) is 0 Å². The number of nitro benzene ring substituents is 1. The summed E-state index contributed by atoms with van der Waals surface area (Å²) < 4.78 is 24.3. The second-order valence-electron chi connectivity index (χ2n) is 4.50. The molecule has 8 heteroatoms. The van der Waals surface area contributed by atoms with Crippen LogP contribution in [0.25, 0.3) is 0 Å². The van der Waals surface area contributed by atoms with Gasteiger partial charge in [0.2, 0.25) is 0 Å². The number of hydrogen-bond acceptors (Lipinski definition) is 5. The van der Waals surface area contributed by atoms with Crippen LogP contribution in [0.1, 0.15) is 12.5 Å². The van der Waals surface area contributed by atoms with Gasteiger partial charge in [0.05, 0.1) is 9.82 Å². The number of sulfonamides is 1. The second-order valence-corrected chi connectivity index (χ2v) is 6.18. The zero-order valence-corrected chi connectivity index (χ0v) is 12.6. The third-order valence-corrected chi connectivity index (χ3v) is 4.33. The van der Waals surface area contributed by atoms with E-state index in [-0.39, 0.29) is 16.3 Å². The van der Waals surface area contributed by atoms with Crippen molar-refractivity contribution in [2.75, 3.05) is 5.43 Å². The molecule has 0 bridgehead atoms. The largest absolute Gasteiger partial charge is 0.302 e. The van der Waals surface area contributed by atoms with E-state index >= 15 is 0 Å². The van der Waals surface area contributed by atoms with Gasteiger partial charge in [-0.05, 0) is 30.2 Å². The van der Waals surface area contributed by atoms with Crippen LogP contribution in [-0.2, 0) is 16.4 Å². The molecular weight excluding hydrogens is 306 g/mol. The first-order chi connectivity index (χ1) is 10.4. The molecule has 2 rings (SSSR count). The van der Waals surface area contributed by atoms with Gasteiger partial charge in [-0.25, -0.2) is 8.42 Å². The molecule has 7 nitrogen and oxygen atoms in total. The van der Waals surface area contributed by atoms with Gasteiger partial charge in [-0.1, -0.05) is 31.2 Å². The minimum absolute atomic E-state index is 0.0706. The molecule has 0 saturated heterocycles. The molecule has 0 aliphatic heterocycles. The topological polar surface area (TPSA) is 101 Å². The standard InChI is InChI=1S/C14H15N3O4S/c1-2-11-7-9-12(10-8-11)22(20,21)16-15-13-5-3-4-6-14(13)17(18)19/h3-10,15-16H,2H2,1H3. The Bertz CT molecular complexity index is 773. The van der Waals surface area contributed by atoms with E-state index in [2.05, 4.69) is 10.3 Å². The van der Waals surface area contributed by atoms with Crippen molar-refractivity contribution in [2.45, 2.75) is 18.2 Å². The van der Waals surface area contributed by atoms with Gasteiger partial charge in [0.15, 0.2) is 0 Å². The predicted molar refractivity (Wildman–Crippen MR) is 82.9 cm³/mol. The molecule has 0 aromatic heterocycles. The molecule has 2 N–H and O–H groups in total. The Morgan fingerprint density at radius 2 is 1.73 bits per heavy atom. The van der Waals surface area contributed by atoms with Crippen LogP contribution in [0, 0.1) is 10.1 Å². The summed E-state index contributed by atoms with van der Waals surface area (Å²) in [6, 6.07) is 12.2. The molecule has 0 amide bonds. The van der Waals surface area contributed by atoms with Crippen molar-refractivity contribution in [3.05, 3.63) is 64.2 Å². The number of benzene rings is 2. The number of para-hydroxylation sites is 2. The van der Waals surface area contributed by atoms with Crippen LogP contribution < -0.4 is 10.3 Å². The summed E-state index contributed by atoms with van der Waals surface area (Å²) in [7, 11) is -3.81. The average molecular weight is 321 g/mol. The Kier molecular flexibility index (Phi) is 4.74. The van der Waals surface area contributed by atoms with E-state index in [1.807, 2.05) is 6.92 Å². The zero-order chi connectivity index (χ0) is 16.2. The van der Waals surface area contributed by atoms with Crippen LogP contribution in [-0.4, -0.2) is 13.3 Å². The Hall–Kier alpha value is -2.45. The molecule has 116 valence electrons. The van der Waals surface area contributed by atoms with Crippen molar-refractivity contribution < 1.29 is 13.3 Å². The highest BCUT2D eigenvalue weighted by molar-refractivity contribution is 7.89. The van der Waals surface area contributed by atoms with E-state index in [0.29, 0.717) is 0 Å². The lowest BCUT2D eigenvalue weighted by molar-refractivity contribution is -0.384. The molecule has 0 atom stereocenters. The maximum Gasteiger partial charge on any atom is 0.293 e. The number of nitrogens with one attached hydrogen (secondary N) is 2.